The molecule has 0 aliphatic heterocycles. The van der Waals surface area contributed by atoms with E-state index in [9.17, 15) is 0 Å². The first kappa shape index (κ1) is 16.0. The molecule has 0 radical (unpaired) electrons. The molecule has 0 atom stereocenters. The SMILES string of the molecule is CCCNC1(c2nc(C(C)C)cs2)CCCCCCC1. The van der Waals surface area contributed by atoms with Crippen LogP contribution in [-0.2, 0) is 5.54 Å². The second kappa shape index (κ2) is 7.56. The zero-order chi connectivity index (χ0) is 14.4. The smallest absolute Gasteiger partial charge is 0.113 e. The van der Waals surface area contributed by atoms with Crippen LogP contribution in [0.1, 0.15) is 88.8 Å². The predicted molar refractivity (Wildman–Crippen MR) is 88.5 cm³/mol. The standard InChI is InChI=1S/C17H30N2S/c1-4-12-18-17(10-8-6-5-7-9-11-17)16-19-15(13-20-16)14(2)3/h13-14,18H,4-12H2,1-3H3. The van der Waals surface area contributed by atoms with Gasteiger partial charge in [0, 0.05) is 5.38 Å². The lowest BCUT2D eigenvalue weighted by Crippen LogP contribution is -2.43. The molecule has 0 aromatic carbocycles. The second-order valence-electron chi connectivity index (χ2n) is 6.51. The lowest BCUT2D eigenvalue weighted by Gasteiger charge is -2.35. The van der Waals surface area contributed by atoms with Crippen LogP contribution in [0.15, 0.2) is 5.38 Å². The number of thiazole rings is 1. The van der Waals surface area contributed by atoms with Crippen LogP contribution >= 0.6 is 11.3 Å². The van der Waals surface area contributed by atoms with Gasteiger partial charge in [-0.15, -0.1) is 11.3 Å². The van der Waals surface area contributed by atoms with E-state index in [0.29, 0.717) is 5.92 Å². The Morgan fingerprint density at radius 1 is 1.20 bits per heavy atom. The van der Waals surface area contributed by atoms with Gasteiger partial charge in [0.1, 0.15) is 5.01 Å². The molecule has 2 rings (SSSR count). The van der Waals surface area contributed by atoms with Crippen LogP contribution in [0.3, 0.4) is 0 Å². The highest BCUT2D eigenvalue weighted by Gasteiger charge is 2.34. The molecule has 0 amide bonds. The van der Waals surface area contributed by atoms with Gasteiger partial charge < -0.3 is 5.32 Å². The van der Waals surface area contributed by atoms with Crippen molar-refractivity contribution in [1.82, 2.24) is 10.3 Å². The molecule has 1 fully saturated rings. The van der Waals surface area contributed by atoms with Gasteiger partial charge in [-0.2, -0.15) is 0 Å². The second-order valence-corrected chi connectivity index (χ2v) is 7.37. The van der Waals surface area contributed by atoms with Crippen molar-refractivity contribution < 1.29 is 0 Å². The third-order valence-electron chi connectivity index (χ3n) is 4.44. The van der Waals surface area contributed by atoms with Crippen molar-refractivity contribution in [1.29, 1.82) is 0 Å². The molecule has 0 spiro atoms. The van der Waals surface area contributed by atoms with E-state index in [2.05, 4.69) is 31.5 Å². The van der Waals surface area contributed by atoms with Gasteiger partial charge in [0.15, 0.2) is 0 Å². The van der Waals surface area contributed by atoms with Gasteiger partial charge in [-0.1, -0.05) is 52.9 Å². The summed E-state index contributed by atoms with van der Waals surface area (Å²) in [6.45, 7) is 7.84. The fourth-order valence-electron chi connectivity index (χ4n) is 3.11. The van der Waals surface area contributed by atoms with Gasteiger partial charge in [-0.3, -0.25) is 0 Å². The van der Waals surface area contributed by atoms with E-state index in [0.717, 1.165) is 6.54 Å². The summed E-state index contributed by atoms with van der Waals surface area (Å²) in [6.07, 6.45) is 10.6. The summed E-state index contributed by atoms with van der Waals surface area (Å²) >= 11 is 1.88. The average Bonchev–Trinajstić information content (AvgIpc) is 2.88. The molecule has 0 bridgehead atoms. The monoisotopic (exact) mass is 294 g/mol. The Balaban J connectivity index is 2.22. The third-order valence-corrected chi connectivity index (χ3v) is 5.51. The Morgan fingerprint density at radius 2 is 1.85 bits per heavy atom. The molecule has 2 nitrogen and oxygen atoms in total. The molecule has 1 aromatic heterocycles. The molecule has 1 aliphatic rings. The van der Waals surface area contributed by atoms with Crippen molar-refractivity contribution in [3.63, 3.8) is 0 Å². The Morgan fingerprint density at radius 3 is 2.40 bits per heavy atom. The maximum absolute atomic E-state index is 4.99. The van der Waals surface area contributed by atoms with Crippen molar-refractivity contribution in [3.05, 3.63) is 16.1 Å². The van der Waals surface area contributed by atoms with Crippen molar-refractivity contribution in [2.75, 3.05) is 6.54 Å². The van der Waals surface area contributed by atoms with E-state index in [4.69, 9.17) is 4.98 Å². The Kier molecular flexibility index (Phi) is 6.03. The Labute approximate surface area is 128 Å². The summed E-state index contributed by atoms with van der Waals surface area (Å²) in [5.74, 6) is 0.539. The highest BCUT2D eigenvalue weighted by molar-refractivity contribution is 7.09. The van der Waals surface area contributed by atoms with Crippen molar-refractivity contribution in [3.8, 4) is 0 Å². The fourth-order valence-corrected chi connectivity index (χ4v) is 4.33. The molecule has 0 saturated heterocycles. The van der Waals surface area contributed by atoms with E-state index in [1.54, 1.807) is 0 Å². The molecule has 114 valence electrons. The first-order valence-electron chi connectivity index (χ1n) is 8.39. The maximum Gasteiger partial charge on any atom is 0.113 e. The maximum atomic E-state index is 4.99. The summed E-state index contributed by atoms with van der Waals surface area (Å²) < 4.78 is 0. The Hall–Kier alpha value is -0.410. The van der Waals surface area contributed by atoms with Crippen molar-refractivity contribution in [2.24, 2.45) is 0 Å². The van der Waals surface area contributed by atoms with Crippen molar-refractivity contribution >= 4 is 11.3 Å². The van der Waals surface area contributed by atoms with E-state index in [1.165, 1.54) is 62.1 Å². The van der Waals surface area contributed by atoms with E-state index < -0.39 is 0 Å². The number of nitrogens with zero attached hydrogens (tertiary/aromatic N) is 1. The predicted octanol–water partition coefficient (Wildman–Crippen LogP) is 5.21. The number of nitrogens with one attached hydrogen (secondary N) is 1. The molecule has 1 N–H and O–H groups in total. The highest BCUT2D eigenvalue weighted by Crippen LogP contribution is 2.37. The van der Waals surface area contributed by atoms with Crippen LogP contribution in [-0.4, -0.2) is 11.5 Å². The summed E-state index contributed by atoms with van der Waals surface area (Å²) in [4.78, 5) is 4.99. The van der Waals surface area contributed by atoms with Crippen LogP contribution in [0.2, 0.25) is 0 Å². The number of hydrogen-bond donors (Lipinski definition) is 1. The number of aromatic nitrogens is 1. The number of hydrogen-bond acceptors (Lipinski definition) is 3. The molecule has 1 saturated carbocycles. The van der Waals surface area contributed by atoms with Gasteiger partial charge in [0.2, 0.25) is 0 Å². The molecule has 0 unspecified atom stereocenters. The number of rotatable bonds is 5. The molecular formula is C17H30N2S. The zero-order valence-corrected chi connectivity index (χ0v) is 14.2. The first-order valence-corrected chi connectivity index (χ1v) is 9.27. The van der Waals surface area contributed by atoms with E-state index >= 15 is 0 Å². The topological polar surface area (TPSA) is 24.9 Å². The lowest BCUT2D eigenvalue weighted by atomic mass is 9.84. The van der Waals surface area contributed by atoms with Crippen LogP contribution in [0.5, 0.6) is 0 Å². The molecular weight excluding hydrogens is 264 g/mol. The fraction of sp³-hybridized carbons (Fsp3) is 0.824. The van der Waals surface area contributed by atoms with Crippen molar-refractivity contribution in [2.45, 2.75) is 83.6 Å². The van der Waals surface area contributed by atoms with Gasteiger partial charge in [0.05, 0.1) is 11.2 Å². The van der Waals surface area contributed by atoms with Gasteiger partial charge >= 0.3 is 0 Å². The van der Waals surface area contributed by atoms with Crippen LogP contribution in [0.4, 0.5) is 0 Å². The molecule has 3 heteroatoms. The lowest BCUT2D eigenvalue weighted by molar-refractivity contribution is 0.252. The molecule has 1 aliphatic carbocycles. The first-order chi connectivity index (χ1) is 9.68. The highest BCUT2D eigenvalue weighted by atomic mass is 32.1. The summed E-state index contributed by atoms with van der Waals surface area (Å²) in [5, 5.41) is 7.49. The van der Waals surface area contributed by atoms with Gasteiger partial charge in [-0.25, -0.2) is 4.98 Å². The minimum atomic E-state index is 0.161. The van der Waals surface area contributed by atoms with E-state index in [-0.39, 0.29) is 5.54 Å². The van der Waals surface area contributed by atoms with Gasteiger partial charge in [0.25, 0.3) is 0 Å². The molecule has 1 aromatic rings. The minimum absolute atomic E-state index is 0.161. The summed E-state index contributed by atoms with van der Waals surface area (Å²) in [6, 6.07) is 0. The van der Waals surface area contributed by atoms with Crippen LogP contribution < -0.4 is 5.32 Å². The molecule has 1 heterocycles. The Bertz CT molecular complexity index is 384. The normalized spacial score (nSPS) is 19.8. The van der Waals surface area contributed by atoms with E-state index in [1.807, 2.05) is 11.3 Å². The quantitative estimate of drug-likeness (QED) is 0.806. The third kappa shape index (κ3) is 3.82. The summed E-state index contributed by atoms with van der Waals surface area (Å²) in [5.41, 5.74) is 1.43. The minimum Gasteiger partial charge on any atom is -0.305 e. The zero-order valence-electron chi connectivity index (χ0n) is 13.4. The molecule has 20 heavy (non-hydrogen) atoms. The van der Waals surface area contributed by atoms with Gasteiger partial charge in [-0.05, 0) is 31.7 Å². The van der Waals surface area contributed by atoms with Crippen LogP contribution in [0.25, 0.3) is 0 Å². The average molecular weight is 295 g/mol. The van der Waals surface area contributed by atoms with Crippen LogP contribution in [0, 0.1) is 0 Å². The summed E-state index contributed by atoms with van der Waals surface area (Å²) in [7, 11) is 0. The largest absolute Gasteiger partial charge is 0.305 e.